The van der Waals surface area contributed by atoms with Gasteiger partial charge in [0.25, 0.3) is 0 Å². The molecule has 0 aliphatic rings. The molecule has 0 saturated heterocycles. The fourth-order valence-corrected chi connectivity index (χ4v) is 1.61. The van der Waals surface area contributed by atoms with Crippen LogP contribution in [0.4, 0.5) is 5.69 Å². The van der Waals surface area contributed by atoms with E-state index in [1.807, 2.05) is 33.2 Å². The van der Waals surface area contributed by atoms with Gasteiger partial charge in [0, 0.05) is 19.6 Å². The Hall–Kier alpha value is -1.13. The molecule has 1 aromatic heterocycles. The Balaban J connectivity index is 2.51. The molecule has 0 spiro atoms. The van der Waals surface area contributed by atoms with Crippen molar-refractivity contribution in [3.05, 3.63) is 24.0 Å². The van der Waals surface area contributed by atoms with Gasteiger partial charge in [-0.15, -0.1) is 0 Å². The van der Waals surface area contributed by atoms with Crippen LogP contribution in [0, 0.1) is 0 Å². The molecule has 102 valence electrons. The fourth-order valence-electron chi connectivity index (χ4n) is 1.61. The highest BCUT2D eigenvalue weighted by molar-refractivity contribution is 5.43. The molecule has 0 aromatic carbocycles. The van der Waals surface area contributed by atoms with Gasteiger partial charge in [0.2, 0.25) is 0 Å². The smallest absolute Gasteiger partial charge is 0.0644 e. The quantitative estimate of drug-likeness (QED) is 0.808. The summed E-state index contributed by atoms with van der Waals surface area (Å²) in [7, 11) is 2.04. The second-order valence-electron chi connectivity index (χ2n) is 4.80. The number of rotatable bonds is 7. The number of nitrogens with two attached hydrogens (primary N) is 1. The summed E-state index contributed by atoms with van der Waals surface area (Å²) in [6, 6.07) is 4.10. The first-order valence-electron chi connectivity index (χ1n) is 6.58. The molecule has 4 nitrogen and oxygen atoms in total. The van der Waals surface area contributed by atoms with Crippen LogP contribution in [0.2, 0.25) is 0 Å². The zero-order valence-electron chi connectivity index (χ0n) is 11.9. The van der Waals surface area contributed by atoms with Crippen molar-refractivity contribution in [2.75, 3.05) is 25.1 Å². The highest BCUT2D eigenvalue weighted by atomic mass is 16.5. The van der Waals surface area contributed by atoms with E-state index in [9.17, 15) is 0 Å². The molecule has 1 rings (SSSR count). The van der Waals surface area contributed by atoms with E-state index in [1.54, 1.807) is 0 Å². The summed E-state index contributed by atoms with van der Waals surface area (Å²) in [5, 5.41) is 0. The average Bonchev–Trinajstić information content (AvgIpc) is 2.37. The van der Waals surface area contributed by atoms with Crippen LogP contribution >= 0.6 is 0 Å². The van der Waals surface area contributed by atoms with E-state index >= 15 is 0 Å². The molecule has 1 heterocycles. The molecular formula is C14H25N3O. The van der Waals surface area contributed by atoms with Gasteiger partial charge < -0.3 is 15.4 Å². The third kappa shape index (κ3) is 4.63. The number of anilines is 1. The molecule has 1 unspecified atom stereocenters. The van der Waals surface area contributed by atoms with E-state index in [0.29, 0.717) is 0 Å². The number of aromatic nitrogens is 1. The third-order valence-corrected chi connectivity index (χ3v) is 2.91. The summed E-state index contributed by atoms with van der Waals surface area (Å²) in [5.41, 5.74) is 7.98. The first kappa shape index (κ1) is 14.9. The van der Waals surface area contributed by atoms with Gasteiger partial charge in [-0.05, 0) is 32.4 Å². The number of hydrogen-bond donors (Lipinski definition) is 1. The van der Waals surface area contributed by atoms with Crippen LogP contribution in [0.1, 0.15) is 38.9 Å². The lowest BCUT2D eigenvalue weighted by molar-refractivity contribution is 0.0846. The van der Waals surface area contributed by atoms with Gasteiger partial charge in [0.15, 0.2) is 0 Å². The summed E-state index contributed by atoms with van der Waals surface area (Å²) in [5.74, 6) is 0. The summed E-state index contributed by atoms with van der Waals surface area (Å²) in [6.45, 7) is 7.74. The molecule has 0 aliphatic heterocycles. The minimum Gasteiger partial charge on any atom is -0.377 e. The van der Waals surface area contributed by atoms with Crippen molar-refractivity contribution >= 4 is 5.69 Å². The third-order valence-electron chi connectivity index (χ3n) is 2.91. The normalized spacial score (nSPS) is 12.8. The lowest BCUT2D eigenvalue weighted by atomic mass is 10.1. The predicted molar refractivity (Wildman–Crippen MR) is 75.8 cm³/mol. The standard InChI is InChI=1S/C14H25N3O/c1-5-13(15)14-7-6-12(10-16-14)17(4)8-9-18-11(2)3/h6-7,10-11,13H,5,8-9,15H2,1-4H3. The Morgan fingerprint density at radius 3 is 2.61 bits per heavy atom. The van der Waals surface area contributed by atoms with E-state index in [2.05, 4.69) is 22.9 Å². The topological polar surface area (TPSA) is 51.4 Å². The van der Waals surface area contributed by atoms with E-state index < -0.39 is 0 Å². The zero-order chi connectivity index (χ0) is 13.5. The van der Waals surface area contributed by atoms with Gasteiger partial charge in [0.1, 0.15) is 0 Å². The molecular weight excluding hydrogens is 226 g/mol. The predicted octanol–water partition coefficient (Wildman–Crippen LogP) is 2.35. The van der Waals surface area contributed by atoms with Crippen molar-refractivity contribution in [1.29, 1.82) is 0 Å². The van der Waals surface area contributed by atoms with E-state index in [4.69, 9.17) is 10.5 Å². The van der Waals surface area contributed by atoms with Crippen molar-refractivity contribution < 1.29 is 4.74 Å². The average molecular weight is 251 g/mol. The number of hydrogen-bond acceptors (Lipinski definition) is 4. The van der Waals surface area contributed by atoms with Gasteiger partial charge >= 0.3 is 0 Å². The van der Waals surface area contributed by atoms with Gasteiger partial charge in [-0.1, -0.05) is 6.92 Å². The molecule has 1 atom stereocenters. The van der Waals surface area contributed by atoms with Crippen LogP contribution in [0.25, 0.3) is 0 Å². The van der Waals surface area contributed by atoms with Gasteiger partial charge in [0.05, 0.1) is 30.3 Å². The van der Waals surface area contributed by atoms with Crippen LogP contribution in [-0.2, 0) is 4.74 Å². The first-order chi connectivity index (χ1) is 8.54. The highest BCUT2D eigenvalue weighted by Gasteiger charge is 2.06. The lowest BCUT2D eigenvalue weighted by Crippen LogP contribution is -2.24. The Kier molecular flexibility index (Phi) is 6.09. The summed E-state index contributed by atoms with van der Waals surface area (Å²) >= 11 is 0. The van der Waals surface area contributed by atoms with Crippen LogP contribution in [0.5, 0.6) is 0 Å². The summed E-state index contributed by atoms with van der Waals surface area (Å²) in [4.78, 5) is 6.54. The molecule has 0 radical (unpaired) electrons. The van der Waals surface area contributed by atoms with Crippen molar-refractivity contribution in [2.24, 2.45) is 5.73 Å². The van der Waals surface area contributed by atoms with E-state index in [0.717, 1.165) is 31.0 Å². The number of ether oxygens (including phenoxy) is 1. The highest BCUT2D eigenvalue weighted by Crippen LogP contribution is 2.15. The fraction of sp³-hybridized carbons (Fsp3) is 0.643. The zero-order valence-corrected chi connectivity index (χ0v) is 11.9. The largest absolute Gasteiger partial charge is 0.377 e. The van der Waals surface area contributed by atoms with Gasteiger partial charge in [-0.25, -0.2) is 0 Å². The molecule has 0 amide bonds. The Morgan fingerprint density at radius 1 is 1.39 bits per heavy atom. The maximum Gasteiger partial charge on any atom is 0.0644 e. The molecule has 2 N–H and O–H groups in total. The minimum absolute atomic E-state index is 0.0358. The van der Waals surface area contributed by atoms with E-state index in [1.165, 1.54) is 0 Å². The van der Waals surface area contributed by atoms with Crippen LogP contribution in [-0.4, -0.2) is 31.3 Å². The minimum atomic E-state index is 0.0358. The number of nitrogens with zero attached hydrogens (tertiary/aromatic N) is 2. The molecule has 0 fully saturated rings. The van der Waals surface area contributed by atoms with Crippen LogP contribution < -0.4 is 10.6 Å². The number of pyridine rings is 1. The molecule has 18 heavy (non-hydrogen) atoms. The second-order valence-corrected chi connectivity index (χ2v) is 4.80. The maximum atomic E-state index is 5.94. The van der Waals surface area contributed by atoms with Crippen LogP contribution in [0.3, 0.4) is 0 Å². The molecule has 1 aromatic rings. The molecule has 0 aliphatic carbocycles. The Labute approximate surface area is 110 Å². The van der Waals surface area contributed by atoms with Crippen molar-refractivity contribution in [3.8, 4) is 0 Å². The summed E-state index contributed by atoms with van der Waals surface area (Å²) < 4.78 is 5.53. The van der Waals surface area contributed by atoms with Gasteiger partial charge in [-0.2, -0.15) is 0 Å². The van der Waals surface area contributed by atoms with Crippen molar-refractivity contribution in [3.63, 3.8) is 0 Å². The lowest BCUT2D eigenvalue weighted by Gasteiger charge is -2.20. The van der Waals surface area contributed by atoms with Crippen molar-refractivity contribution in [2.45, 2.75) is 39.3 Å². The second kappa shape index (κ2) is 7.34. The molecule has 0 saturated carbocycles. The van der Waals surface area contributed by atoms with E-state index in [-0.39, 0.29) is 12.1 Å². The summed E-state index contributed by atoms with van der Waals surface area (Å²) in [6.07, 6.45) is 3.06. The Morgan fingerprint density at radius 2 is 2.11 bits per heavy atom. The van der Waals surface area contributed by atoms with Gasteiger partial charge in [-0.3, -0.25) is 4.98 Å². The van der Waals surface area contributed by atoms with Crippen molar-refractivity contribution in [1.82, 2.24) is 4.98 Å². The first-order valence-corrected chi connectivity index (χ1v) is 6.58. The monoisotopic (exact) mass is 251 g/mol. The van der Waals surface area contributed by atoms with Crippen LogP contribution in [0.15, 0.2) is 18.3 Å². The Bertz CT molecular complexity index is 337. The molecule has 0 bridgehead atoms. The molecule has 4 heteroatoms. The SMILES string of the molecule is CCC(N)c1ccc(N(C)CCOC(C)C)cn1. The maximum absolute atomic E-state index is 5.94. The number of likely N-dealkylation sites (N-methyl/N-ethyl adjacent to an activating group) is 1.